The molecule has 3 fully saturated rings. The van der Waals surface area contributed by atoms with Gasteiger partial charge in [-0.1, -0.05) is 6.58 Å². The first kappa shape index (κ1) is 22.5. The summed E-state index contributed by atoms with van der Waals surface area (Å²) in [6.07, 6.45) is 1.86. The molecule has 0 aromatic heterocycles. The van der Waals surface area contributed by atoms with Gasteiger partial charge in [-0.15, -0.1) is 0 Å². The monoisotopic (exact) mass is 449 g/mol. The average Bonchev–Trinajstić information content (AvgIpc) is 2.63. The summed E-state index contributed by atoms with van der Waals surface area (Å²) in [5, 5.41) is 5.34. The van der Waals surface area contributed by atoms with E-state index in [4.69, 9.17) is 9.47 Å². The van der Waals surface area contributed by atoms with E-state index in [1.165, 1.54) is 12.1 Å². The summed E-state index contributed by atoms with van der Waals surface area (Å²) < 4.78 is 40.5. The number of allylic oxidation sites excluding steroid dienone is 1. The molecule has 174 valence electrons. The van der Waals surface area contributed by atoms with Crippen LogP contribution in [-0.4, -0.2) is 49.4 Å². The maximum atomic E-state index is 14.7. The zero-order valence-electron chi connectivity index (χ0n) is 18.3. The van der Waals surface area contributed by atoms with Crippen LogP contribution in [0.15, 0.2) is 24.4 Å². The van der Waals surface area contributed by atoms with Gasteiger partial charge in [0.15, 0.2) is 0 Å². The van der Waals surface area contributed by atoms with E-state index in [9.17, 15) is 18.4 Å². The van der Waals surface area contributed by atoms with Crippen molar-refractivity contribution >= 4 is 17.7 Å². The van der Waals surface area contributed by atoms with Crippen LogP contribution in [0.5, 0.6) is 0 Å². The quantitative estimate of drug-likeness (QED) is 0.697. The van der Waals surface area contributed by atoms with Crippen LogP contribution >= 0.6 is 0 Å². The molecule has 2 N–H and O–H groups in total. The third-order valence-corrected chi connectivity index (χ3v) is 6.12. The Balaban J connectivity index is 1.26. The van der Waals surface area contributed by atoms with E-state index in [1.807, 2.05) is 13.8 Å². The first-order valence-corrected chi connectivity index (χ1v) is 11.0. The van der Waals surface area contributed by atoms with E-state index in [-0.39, 0.29) is 29.9 Å². The van der Waals surface area contributed by atoms with Crippen LogP contribution in [0, 0.1) is 11.6 Å². The molecule has 1 aliphatic carbocycles. The maximum absolute atomic E-state index is 14.7. The Labute approximate surface area is 186 Å². The molecule has 9 heteroatoms. The van der Waals surface area contributed by atoms with Gasteiger partial charge in [-0.3, -0.25) is 4.79 Å². The average molecular weight is 449 g/mol. The zero-order chi connectivity index (χ0) is 23.0. The molecule has 0 radical (unpaired) electrons. The van der Waals surface area contributed by atoms with Crippen LogP contribution in [0.3, 0.4) is 0 Å². The Morgan fingerprint density at radius 2 is 1.88 bits per heavy atom. The van der Waals surface area contributed by atoms with Gasteiger partial charge in [0.25, 0.3) is 0 Å². The lowest BCUT2D eigenvalue weighted by atomic mass is 9.88. The van der Waals surface area contributed by atoms with Crippen LogP contribution in [0.4, 0.5) is 19.3 Å². The minimum atomic E-state index is -0.868. The number of nitrogens with one attached hydrogen (secondary N) is 2. The molecule has 2 saturated heterocycles. The van der Waals surface area contributed by atoms with Gasteiger partial charge in [0, 0.05) is 42.9 Å². The molecular formula is C23H29F2N3O4. The van der Waals surface area contributed by atoms with Gasteiger partial charge in [0.1, 0.15) is 17.7 Å². The molecule has 1 saturated carbocycles. The Hall–Kier alpha value is -2.68. The Kier molecular flexibility index (Phi) is 6.37. The Morgan fingerprint density at radius 1 is 1.22 bits per heavy atom. The summed E-state index contributed by atoms with van der Waals surface area (Å²) in [6, 6.07) is 2.32. The first-order valence-electron chi connectivity index (χ1n) is 11.0. The zero-order valence-corrected chi connectivity index (χ0v) is 18.3. The third kappa shape index (κ3) is 4.87. The highest BCUT2D eigenvalue weighted by atomic mass is 19.1. The number of alkyl carbamates (subject to hydrolysis) is 1. The molecule has 7 nitrogen and oxygen atoms in total. The molecule has 0 bridgehead atoms. The van der Waals surface area contributed by atoms with Crippen molar-refractivity contribution in [3.63, 3.8) is 0 Å². The molecule has 2 heterocycles. The van der Waals surface area contributed by atoms with Gasteiger partial charge in [-0.05, 0) is 38.8 Å². The molecule has 1 aromatic rings. The Bertz CT molecular complexity index is 887. The number of halogens is 2. The van der Waals surface area contributed by atoms with Gasteiger partial charge in [-0.25, -0.2) is 13.6 Å². The molecule has 32 heavy (non-hydrogen) atoms. The van der Waals surface area contributed by atoms with Gasteiger partial charge >= 0.3 is 6.09 Å². The van der Waals surface area contributed by atoms with Crippen LogP contribution in [0.1, 0.15) is 51.0 Å². The standard InChI is InChI=1S/C23H29F2N3O4/c1-12(2)31-16-8-17(9-16)32-23(30)27-14-10-28(11-14)15-6-19(24)21(20(25)7-15)18-5-4-13(3)26-22(18)29/h6-7,12,14,16-18H,3-5,8-11H2,1-2H3,(H,26,29)(H,27,30). The molecule has 2 aliphatic heterocycles. The number of hydrogen-bond acceptors (Lipinski definition) is 5. The number of carbonyl (C=O) groups is 2. The topological polar surface area (TPSA) is 79.9 Å². The summed E-state index contributed by atoms with van der Waals surface area (Å²) in [6.45, 7) is 8.46. The summed E-state index contributed by atoms with van der Waals surface area (Å²) >= 11 is 0. The number of ether oxygens (including phenoxy) is 2. The van der Waals surface area contributed by atoms with Crippen molar-refractivity contribution in [2.45, 2.75) is 69.8 Å². The number of piperidine rings is 1. The number of hydrogen-bond donors (Lipinski definition) is 2. The highest BCUT2D eigenvalue weighted by Crippen LogP contribution is 2.34. The lowest BCUT2D eigenvalue weighted by Gasteiger charge is -2.42. The van der Waals surface area contributed by atoms with Crippen molar-refractivity contribution in [2.75, 3.05) is 18.0 Å². The molecule has 2 amide bonds. The van der Waals surface area contributed by atoms with Crippen LogP contribution < -0.4 is 15.5 Å². The van der Waals surface area contributed by atoms with Crippen molar-refractivity contribution in [1.82, 2.24) is 10.6 Å². The second-order valence-corrected chi connectivity index (χ2v) is 9.06. The predicted molar refractivity (Wildman–Crippen MR) is 114 cm³/mol. The van der Waals surface area contributed by atoms with E-state index < -0.39 is 29.6 Å². The number of anilines is 1. The van der Waals surface area contributed by atoms with Crippen LogP contribution in [0.25, 0.3) is 0 Å². The van der Waals surface area contributed by atoms with Crippen LogP contribution in [0.2, 0.25) is 0 Å². The number of nitrogens with zero attached hydrogens (tertiary/aromatic N) is 1. The first-order chi connectivity index (χ1) is 15.2. The summed E-state index contributed by atoms with van der Waals surface area (Å²) in [5.41, 5.74) is 0.726. The molecular weight excluding hydrogens is 420 g/mol. The smallest absolute Gasteiger partial charge is 0.407 e. The molecule has 3 aliphatic rings. The van der Waals surface area contributed by atoms with E-state index in [0.717, 1.165) is 0 Å². The summed E-state index contributed by atoms with van der Waals surface area (Å²) in [4.78, 5) is 25.9. The number of benzene rings is 1. The minimum absolute atomic E-state index is 0.137. The summed E-state index contributed by atoms with van der Waals surface area (Å²) in [7, 11) is 0. The molecule has 4 rings (SSSR count). The van der Waals surface area contributed by atoms with Gasteiger partial charge in [0.05, 0.1) is 24.2 Å². The van der Waals surface area contributed by atoms with Crippen molar-refractivity contribution in [1.29, 1.82) is 0 Å². The predicted octanol–water partition coefficient (Wildman–Crippen LogP) is 3.34. The van der Waals surface area contributed by atoms with E-state index in [0.29, 0.717) is 50.2 Å². The van der Waals surface area contributed by atoms with Gasteiger partial charge < -0.3 is 25.0 Å². The second-order valence-electron chi connectivity index (χ2n) is 9.06. The number of rotatable bonds is 6. The second kappa shape index (κ2) is 9.05. The largest absolute Gasteiger partial charge is 0.446 e. The van der Waals surface area contributed by atoms with Crippen molar-refractivity contribution in [3.8, 4) is 0 Å². The lowest BCUT2D eigenvalue weighted by molar-refractivity contribution is -0.123. The maximum Gasteiger partial charge on any atom is 0.407 e. The highest BCUT2D eigenvalue weighted by Gasteiger charge is 2.36. The molecule has 1 aromatic carbocycles. The normalized spacial score (nSPS) is 25.8. The minimum Gasteiger partial charge on any atom is -0.446 e. The van der Waals surface area contributed by atoms with Gasteiger partial charge in [0.2, 0.25) is 5.91 Å². The van der Waals surface area contributed by atoms with Crippen molar-refractivity contribution in [2.24, 2.45) is 0 Å². The Morgan fingerprint density at radius 3 is 2.47 bits per heavy atom. The fourth-order valence-electron chi connectivity index (χ4n) is 4.38. The van der Waals surface area contributed by atoms with Gasteiger partial charge in [-0.2, -0.15) is 0 Å². The number of carbonyl (C=O) groups excluding carboxylic acids is 2. The SMILES string of the molecule is C=C1CCC(c2c(F)cc(N3CC(NC(=O)OC4CC(OC(C)C)C4)C3)cc2F)C(=O)N1. The van der Waals surface area contributed by atoms with Crippen molar-refractivity contribution < 1.29 is 27.8 Å². The lowest BCUT2D eigenvalue weighted by Crippen LogP contribution is -2.60. The highest BCUT2D eigenvalue weighted by molar-refractivity contribution is 5.86. The van der Waals surface area contributed by atoms with E-state index >= 15 is 0 Å². The van der Waals surface area contributed by atoms with E-state index in [2.05, 4.69) is 17.2 Å². The molecule has 1 atom stereocenters. The molecule has 1 unspecified atom stereocenters. The van der Waals surface area contributed by atoms with Crippen LogP contribution in [-0.2, 0) is 14.3 Å². The molecule has 0 spiro atoms. The number of amides is 2. The summed E-state index contributed by atoms with van der Waals surface area (Å²) in [5.74, 6) is -2.79. The fourth-order valence-corrected chi connectivity index (χ4v) is 4.38. The van der Waals surface area contributed by atoms with E-state index in [1.54, 1.807) is 4.90 Å². The third-order valence-electron chi connectivity index (χ3n) is 6.12. The van der Waals surface area contributed by atoms with Crippen molar-refractivity contribution in [3.05, 3.63) is 41.6 Å². The fraction of sp³-hybridized carbons (Fsp3) is 0.565.